The Morgan fingerprint density at radius 2 is 1.67 bits per heavy atom. The van der Waals surface area contributed by atoms with Gasteiger partial charge in [0.05, 0.1) is 6.04 Å². The van der Waals surface area contributed by atoms with Crippen LogP contribution in [0.1, 0.15) is 17.2 Å². The fraction of sp³-hybridized carbons (Fsp3) is 0.0714. The normalized spacial score (nSPS) is 11.8. The number of nitrogens with two attached hydrogens (primary N) is 1. The molecule has 0 heterocycles. The van der Waals surface area contributed by atoms with Crippen LogP contribution in [-0.4, -0.2) is 6.03 Å². The topological polar surface area (TPSA) is 55.1 Å². The molecule has 0 aliphatic rings. The molecule has 2 aromatic rings. The maximum Gasteiger partial charge on any atom is 0.312 e. The SMILES string of the molecule is NC(=O)NC(c1ccccc1)c1ccccc1Br. The number of halogens is 1. The molecule has 0 saturated carbocycles. The summed E-state index contributed by atoms with van der Waals surface area (Å²) >= 11 is 3.49. The molecule has 0 aliphatic heterocycles. The second-order valence-electron chi connectivity index (χ2n) is 3.87. The Balaban J connectivity index is 2.44. The molecule has 1 atom stereocenters. The van der Waals surface area contributed by atoms with E-state index in [1.54, 1.807) is 0 Å². The van der Waals surface area contributed by atoms with Crippen LogP contribution in [0.2, 0.25) is 0 Å². The maximum atomic E-state index is 11.2. The molecule has 0 bridgehead atoms. The lowest BCUT2D eigenvalue weighted by atomic mass is 9.99. The lowest BCUT2D eigenvalue weighted by Crippen LogP contribution is -2.33. The summed E-state index contributed by atoms with van der Waals surface area (Å²) in [5.41, 5.74) is 7.22. The van der Waals surface area contributed by atoms with Gasteiger partial charge in [-0.25, -0.2) is 4.79 Å². The van der Waals surface area contributed by atoms with E-state index in [-0.39, 0.29) is 6.04 Å². The number of carbonyl (C=O) groups excluding carboxylic acids is 1. The van der Waals surface area contributed by atoms with E-state index in [4.69, 9.17) is 5.73 Å². The van der Waals surface area contributed by atoms with E-state index in [0.717, 1.165) is 15.6 Å². The summed E-state index contributed by atoms with van der Waals surface area (Å²) in [7, 11) is 0. The van der Waals surface area contributed by atoms with E-state index in [1.165, 1.54) is 0 Å². The zero-order chi connectivity index (χ0) is 13.0. The summed E-state index contributed by atoms with van der Waals surface area (Å²) in [6, 6.07) is 16.7. The number of hydrogen-bond acceptors (Lipinski definition) is 1. The molecule has 0 fully saturated rings. The van der Waals surface area contributed by atoms with Gasteiger partial charge in [0.15, 0.2) is 0 Å². The van der Waals surface area contributed by atoms with Crippen LogP contribution in [0.15, 0.2) is 59.1 Å². The highest BCUT2D eigenvalue weighted by Gasteiger charge is 2.17. The third-order valence-electron chi connectivity index (χ3n) is 2.64. The zero-order valence-electron chi connectivity index (χ0n) is 9.64. The lowest BCUT2D eigenvalue weighted by Gasteiger charge is -2.19. The van der Waals surface area contributed by atoms with Gasteiger partial charge in [0.2, 0.25) is 0 Å². The van der Waals surface area contributed by atoms with Crippen molar-refractivity contribution in [2.75, 3.05) is 0 Å². The summed E-state index contributed by atoms with van der Waals surface area (Å²) in [5.74, 6) is 0. The number of primary amides is 1. The Labute approximate surface area is 114 Å². The smallest absolute Gasteiger partial charge is 0.312 e. The molecule has 92 valence electrons. The molecule has 2 amide bonds. The van der Waals surface area contributed by atoms with Crippen LogP contribution in [0.25, 0.3) is 0 Å². The van der Waals surface area contributed by atoms with E-state index >= 15 is 0 Å². The second-order valence-corrected chi connectivity index (χ2v) is 4.73. The molecular formula is C14H13BrN2O. The van der Waals surface area contributed by atoms with Gasteiger partial charge >= 0.3 is 6.03 Å². The van der Waals surface area contributed by atoms with Gasteiger partial charge in [-0.15, -0.1) is 0 Å². The Kier molecular flexibility index (Phi) is 3.99. The first-order valence-electron chi connectivity index (χ1n) is 5.54. The van der Waals surface area contributed by atoms with Crippen molar-refractivity contribution in [3.8, 4) is 0 Å². The summed E-state index contributed by atoms with van der Waals surface area (Å²) in [4.78, 5) is 11.2. The van der Waals surface area contributed by atoms with Crippen LogP contribution in [0.4, 0.5) is 4.79 Å². The minimum absolute atomic E-state index is 0.251. The maximum absolute atomic E-state index is 11.2. The van der Waals surface area contributed by atoms with Gasteiger partial charge in [0, 0.05) is 4.47 Å². The first kappa shape index (κ1) is 12.6. The number of benzene rings is 2. The van der Waals surface area contributed by atoms with E-state index < -0.39 is 6.03 Å². The van der Waals surface area contributed by atoms with Gasteiger partial charge in [-0.3, -0.25) is 0 Å². The number of amides is 2. The fourth-order valence-corrected chi connectivity index (χ4v) is 2.35. The highest BCUT2D eigenvalue weighted by atomic mass is 79.9. The molecule has 2 aromatic carbocycles. The second kappa shape index (κ2) is 5.69. The summed E-state index contributed by atoms with van der Waals surface area (Å²) in [6.45, 7) is 0. The molecule has 0 aliphatic carbocycles. The van der Waals surface area contributed by atoms with Crippen molar-refractivity contribution in [3.63, 3.8) is 0 Å². The van der Waals surface area contributed by atoms with Gasteiger partial charge in [0.1, 0.15) is 0 Å². The van der Waals surface area contributed by atoms with E-state index in [2.05, 4.69) is 21.2 Å². The van der Waals surface area contributed by atoms with Crippen LogP contribution in [0.3, 0.4) is 0 Å². The molecular weight excluding hydrogens is 292 g/mol. The largest absolute Gasteiger partial charge is 0.352 e. The summed E-state index contributed by atoms with van der Waals surface area (Å²) < 4.78 is 0.938. The Hall–Kier alpha value is -1.81. The molecule has 0 spiro atoms. The van der Waals surface area contributed by atoms with Crippen molar-refractivity contribution in [2.45, 2.75) is 6.04 Å². The minimum Gasteiger partial charge on any atom is -0.352 e. The Bertz CT molecular complexity index is 543. The van der Waals surface area contributed by atoms with Crippen LogP contribution in [0, 0.1) is 0 Å². The number of nitrogens with one attached hydrogen (secondary N) is 1. The molecule has 0 aromatic heterocycles. The first-order valence-corrected chi connectivity index (χ1v) is 6.33. The van der Waals surface area contributed by atoms with Crippen molar-refractivity contribution in [3.05, 3.63) is 70.2 Å². The van der Waals surface area contributed by atoms with Crippen molar-refractivity contribution in [1.29, 1.82) is 0 Å². The van der Waals surface area contributed by atoms with Crippen molar-refractivity contribution >= 4 is 22.0 Å². The van der Waals surface area contributed by atoms with E-state index in [9.17, 15) is 4.79 Å². The van der Waals surface area contributed by atoms with Crippen LogP contribution < -0.4 is 11.1 Å². The molecule has 1 unspecified atom stereocenters. The van der Waals surface area contributed by atoms with Gasteiger partial charge < -0.3 is 11.1 Å². The molecule has 0 radical (unpaired) electrons. The van der Waals surface area contributed by atoms with Crippen LogP contribution in [0.5, 0.6) is 0 Å². The standard InChI is InChI=1S/C14H13BrN2O/c15-12-9-5-4-8-11(12)13(17-14(16)18)10-6-2-1-3-7-10/h1-9,13H,(H3,16,17,18). The Morgan fingerprint density at radius 3 is 2.28 bits per heavy atom. The average molecular weight is 305 g/mol. The molecule has 18 heavy (non-hydrogen) atoms. The van der Waals surface area contributed by atoms with Gasteiger partial charge in [-0.1, -0.05) is 64.5 Å². The van der Waals surface area contributed by atoms with Crippen LogP contribution in [-0.2, 0) is 0 Å². The molecule has 3 N–H and O–H groups in total. The lowest BCUT2D eigenvalue weighted by molar-refractivity contribution is 0.247. The highest BCUT2D eigenvalue weighted by molar-refractivity contribution is 9.10. The number of urea groups is 1. The summed E-state index contributed by atoms with van der Waals surface area (Å²) in [5, 5.41) is 2.76. The fourth-order valence-electron chi connectivity index (χ4n) is 1.84. The monoisotopic (exact) mass is 304 g/mol. The zero-order valence-corrected chi connectivity index (χ0v) is 11.2. The number of carbonyl (C=O) groups is 1. The van der Waals surface area contributed by atoms with Gasteiger partial charge in [-0.05, 0) is 17.2 Å². The predicted molar refractivity (Wildman–Crippen MR) is 75.1 cm³/mol. The molecule has 4 heteroatoms. The molecule has 0 saturated heterocycles. The van der Waals surface area contributed by atoms with Crippen molar-refractivity contribution in [2.24, 2.45) is 5.73 Å². The van der Waals surface area contributed by atoms with Gasteiger partial charge in [-0.2, -0.15) is 0 Å². The third-order valence-corrected chi connectivity index (χ3v) is 3.36. The van der Waals surface area contributed by atoms with E-state index in [1.807, 2.05) is 54.6 Å². The van der Waals surface area contributed by atoms with Crippen molar-refractivity contribution < 1.29 is 4.79 Å². The molecule has 2 rings (SSSR count). The summed E-state index contributed by atoms with van der Waals surface area (Å²) in [6.07, 6.45) is 0. The van der Waals surface area contributed by atoms with Crippen molar-refractivity contribution in [1.82, 2.24) is 5.32 Å². The predicted octanol–water partition coefficient (Wildman–Crippen LogP) is 3.21. The highest BCUT2D eigenvalue weighted by Crippen LogP contribution is 2.28. The number of hydrogen-bond donors (Lipinski definition) is 2. The third kappa shape index (κ3) is 2.90. The van der Waals surface area contributed by atoms with Crippen LogP contribution >= 0.6 is 15.9 Å². The van der Waals surface area contributed by atoms with Gasteiger partial charge in [0.25, 0.3) is 0 Å². The minimum atomic E-state index is -0.542. The molecule has 3 nitrogen and oxygen atoms in total. The Morgan fingerprint density at radius 1 is 1.06 bits per heavy atom. The quantitative estimate of drug-likeness (QED) is 0.899. The first-order chi connectivity index (χ1) is 8.68. The average Bonchev–Trinajstić information content (AvgIpc) is 2.38. The number of rotatable bonds is 3. The van der Waals surface area contributed by atoms with E-state index in [0.29, 0.717) is 0 Å².